The maximum absolute atomic E-state index is 11.9. The number of amides is 1. The molecule has 0 atom stereocenters. The van der Waals surface area contributed by atoms with Crippen molar-refractivity contribution in [3.63, 3.8) is 0 Å². The van der Waals surface area contributed by atoms with Gasteiger partial charge in [0, 0.05) is 13.1 Å². The van der Waals surface area contributed by atoms with E-state index in [1.807, 2.05) is 0 Å². The third kappa shape index (κ3) is 4.18. The molecule has 0 radical (unpaired) electrons. The zero-order valence-corrected chi connectivity index (χ0v) is 11.0. The Kier molecular flexibility index (Phi) is 5.15. The molecule has 6 heteroatoms. The molecule has 1 saturated carbocycles. The van der Waals surface area contributed by atoms with Gasteiger partial charge in [-0.25, -0.2) is 0 Å². The fraction of sp³-hybridized carbons (Fsp3) is 0.846. The zero-order chi connectivity index (χ0) is 13.7. The summed E-state index contributed by atoms with van der Waals surface area (Å²) in [6.45, 7) is 2.55. The summed E-state index contributed by atoms with van der Waals surface area (Å²) in [6, 6.07) is 0. The molecule has 108 valence electrons. The number of carboxylic acids is 1. The van der Waals surface area contributed by atoms with E-state index < -0.39 is 5.97 Å². The second kappa shape index (κ2) is 6.86. The van der Waals surface area contributed by atoms with Crippen LogP contribution in [0.3, 0.4) is 0 Å². The second-order valence-electron chi connectivity index (χ2n) is 5.12. The maximum atomic E-state index is 11.9. The molecule has 2 rings (SSSR count). The lowest BCUT2D eigenvalue weighted by molar-refractivity contribution is -0.147. The number of hydrogen-bond acceptors (Lipinski definition) is 4. The van der Waals surface area contributed by atoms with Gasteiger partial charge in [0.05, 0.1) is 25.2 Å². The number of carbonyl (C=O) groups excluding carboxylic acids is 1. The van der Waals surface area contributed by atoms with Gasteiger partial charge in [0.15, 0.2) is 0 Å². The van der Waals surface area contributed by atoms with E-state index in [1.165, 1.54) is 0 Å². The topological polar surface area (TPSA) is 76.1 Å². The van der Waals surface area contributed by atoms with Crippen LogP contribution in [0.2, 0.25) is 0 Å². The van der Waals surface area contributed by atoms with Gasteiger partial charge in [0.1, 0.15) is 6.61 Å². The number of rotatable bonds is 4. The molecule has 1 aliphatic heterocycles. The zero-order valence-electron chi connectivity index (χ0n) is 11.0. The summed E-state index contributed by atoms with van der Waals surface area (Å²) in [6.07, 6.45) is 2.78. The van der Waals surface area contributed by atoms with Crippen LogP contribution in [0.25, 0.3) is 0 Å². The van der Waals surface area contributed by atoms with Crippen molar-refractivity contribution in [1.82, 2.24) is 4.90 Å². The van der Waals surface area contributed by atoms with Crippen molar-refractivity contribution in [3.8, 4) is 0 Å². The number of aliphatic carboxylic acids is 1. The summed E-state index contributed by atoms with van der Waals surface area (Å²) in [5.41, 5.74) is 0. The Morgan fingerprint density at radius 1 is 1.16 bits per heavy atom. The minimum Gasteiger partial charge on any atom is -0.481 e. The summed E-state index contributed by atoms with van der Waals surface area (Å²) in [5.74, 6) is -0.957. The van der Waals surface area contributed by atoms with Crippen LogP contribution in [-0.4, -0.2) is 60.9 Å². The minimum atomic E-state index is -0.720. The summed E-state index contributed by atoms with van der Waals surface area (Å²) in [5, 5.41) is 8.90. The van der Waals surface area contributed by atoms with Crippen LogP contribution >= 0.6 is 0 Å². The van der Waals surface area contributed by atoms with E-state index in [2.05, 4.69) is 0 Å². The number of nitrogens with zero attached hydrogens (tertiary/aromatic N) is 1. The maximum Gasteiger partial charge on any atom is 0.306 e. The summed E-state index contributed by atoms with van der Waals surface area (Å²) in [4.78, 5) is 24.4. The van der Waals surface area contributed by atoms with E-state index in [1.54, 1.807) is 4.90 Å². The first kappa shape index (κ1) is 14.3. The number of hydrogen-bond donors (Lipinski definition) is 1. The highest BCUT2D eigenvalue weighted by molar-refractivity contribution is 5.77. The van der Waals surface area contributed by atoms with Gasteiger partial charge in [0.2, 0.25) is 5.91 Å². The second-order valence-corrected chi connectivity index (χ2v) is 5.12. The van der Waals surface area contributed by atoms with Crippen LogP contribution < -0.4 is 0 Å². The van der Waals surface area contributed by atoms with E-state index in [-0.39, 0.29) is 24.5 Å². The van der Waals surface area contributed by atoms with Crippen LogP contribution in [-0.2, 0) is 19.1 Å². The Bertz CT molecular complexity index is 319. The van der Waals surface area contributed by atoms with Crippen molar-refractivity contribution < 1.29 is 24.2 Å². The Morgan fingerprint density at radius 2 is 1.79 bits per heavy atom. The van der Waals surface area contributed by atoms with Crippen LogP contribution in [0.5, 0.6) is 0 Å². The first-order chi connectivity index (χ1) is 9.16. The fourth-order valence-electron chi connectivity index (χ4n) is 2.57. The molecule has 1 saturated heterocycles. The predicted octanol–water partition coefficient (Wildman–Crippen LogP) is 0.505. The quantitative estimate of drug-likeness (QED) is 0.806. The highest BCUT2D eigenvalue weighted by Crippen LogP contribution is 2.26. The van der Waals surface area contributed by atoms with Gasteiger partial charge in [-0.05, 0) is 25.7 Å². The fourth-order valence-corrected chi connectivity index (χ4v) is 2.57. The van der Waals surface area contributed by atoms with Gasteiger partial charge in [-0.3, -0.25) is 9.59 Å². The Balaban J connectivity index is 1.66. The minimum absolute atomic E-state index is 0.00339. The largest absolute Gasteiger partial charge is 0.481 e. The normalized spacial score (nSPS) is 28.1. The lowest BCUT2D eigenvalue weighted by Gasteiger charge is -2.29. The van der Waals surface area contributed by atoms with Crippen molar-refractivity contribution in [3.05, 3.63) is 0 Å². The summed E-state index contributed by atoms with van der Waals surface area (Å²) < 4.78 is 10.8. The number of carboxylic acid groups (broad SMARTS) is 1. The van der Waals surface area contributed by atoms with Gasteiger partial charge in [-0.1, -0.05) is 0 Å². The van der Waals surface area contributed by atoms with Gasteiger partial charge in [0.25, 0.3) is 0 Å². The molecule has 0 unspecified atom stereocenters. The van der Waals surface area contributed by atoms with Gasteiger partial charge >= 0.3 is 5.97 Å². The third-order valence-corrected chi connectivity index (χ3v) is 3.83. The Hall–Kier alpha value is -1.14. The number of ether oxygens (including phenoxy) is 2. The highest BCUT2D eigenvalue weighted by atomic mass is 16.5. The van der Waals surface area contributed by atoms with Crippen molar-refractivity contribution in [1.29, 1.82) is 0 Å². The number of carbonyl (C=O) groups is 2. The average Bonchev–Trinajstić information content (AvgIpc) is 2.46. The Labute approximate surface area is 112 Å². The van der Waals surface area contributed by atoms with Crippen molar-refractivity contribution in [2.45, 2.75) is 31.8 Å². The SMILES string of the molecule is O=C(O)C1CCC(OCC(=O)N2CCOCC2)CC1. The predicted molar refractivity (Wildman–Crippen MR) is 66.7 cm³/mol. The van der Waals surface area contributed by atoms with E-state index in [0.717, 1.165) is 12.8 Å². The lowest BCUT2D eigenvalue weighted by Crippen LogP contribution is -2.43. The summed E-state index contributed by atoms with van der Waals surface area (Å²) >= 11 is 0. The molecule has 2 aliphatic rings. The first-order valence-corrected chi connectivity index (χ1v) is 6.86. The molecule has 1 N–H and O–H groups in total. The average molecular weight is 271 g/mol. The monoisotopic (exact) mass is 271 g/mol. The van der Waals surface area contributed by atoms with Crippen LogP contribution in [0.4, 0.5) is 0 Å². The molecular weight excluding hydrogens is 250 g/mol. The van der Waals surface area contributed by atoms with Crippen molar-refractivity contribution in [2.75, 3.05) is 32.9 Å². The Morgan fingerprint density at radius 3 is 2.37 bits per heavy atom. The van der Waals surface area contributed by atoms with Gasteiger partial charge < -0.3 is 19.5 Å². The van der Waals surface area contributed by atoms with E-state index in [9.17, 15) is 9.59 Å². The number of morpholine rings is 1. The molecule has 2 fully saturated rings. The van der Waals surface area contributed by atoms with Crippen LogP contribution in [0, 0.1) is 5.92 Å². The standard InChI is InChI=1S/C13H21NO5/c15-12(14-5-7-18-8-6-14)9-19-11-3-1-10(2-4-11)13(16)17/h10-11H,1-9H2,(H,16,17). The molecule has 0 spiro atoms. The molecule has 19 heavy (non-hydrogen) atoms. The molecule has 6 nitrogen and oxygen atoms in total. The summed E-state index contributed by atoms with van der Waals surface area (Å²) in [7, 11) is 0. The van der Waals surface area contributed by atoms with Crippen LogP contribution in [0.15, 0.2) is 0 Å². The van der Waals surface area contributed by atoms with E-state index in [0.29, 0.717) is 39.1 Å². The molecule has 0 aromatic carbocycles. The molecule has 0 aromatic rings. The van der Waals surface area contributed by atoms with Gasteiger partial charge in [-0.2, -0.15) is 0 Å². The van der Waals surface area contributed by atoms with E-state index in [4.69, 9.17) is 14.6 Å². The van der Waals surface area contributed by atoms with Crippen LogP contribution in [0.1, 0.15) is 25.7 Å². The van der Waals surface area contributed by atoms with Crippen molar-refractivity contribution in [2.24, 2.45) is 5.92 Å². The third-order valence-electron chi connectivity index (χ3n) is 3.83. The van der Waals surface area contributed by atoms with E-state index >= 15 is 0 Å². The molecule has 1 heterocycles. The molecular formula is C13H21NO5. The smallest absolute Gasteiger partial charge is 0.306 e. The van der Waals surface area contributed by atoms with Gasteiger partial charge in [-0.15, -0.1) is 0 Å². The first-order valence-electron chi connectivity index (χ1n) is 6.86. The molecule has 1 amide bonds. The molecule has 0 aromatic heterocycles. The molecule has 1 aliphatic carbocycles. The van der Waals surface area contributed by atoms with Crippen molar-refractivity contribution >= 4 is 11.9 Å². The lowest BCUT2D eigenvalue weighted by atomic mass is 9.87. The highest BCUT2D eigenvalue weighted by Gasteiger charge is 2.27. The molecule has 0 bridgehead atoms.